The van der Waals surface area contributed by atoms with Crippen LogP contribution in [0.5, 0.6) is 5.75 Å². The topological polar surface area (TPSA) is 104 Å². The van der Waals surface area contributed by atoms with Crippen molar-refractivity contribution in [3.05, 3.63) is 104 Å². The summed E-state index contributed by atoms with van der Waals surface area (Å²) in [7, 11) is 2.82. The van der Waals surface area contributed by atoms with E-state index in [0.717, 1.165) is 11.1 Å². The molecule has 2 aromatic carbocycles. The summed E-state index contributed by atoms with van der Waals surface area (Å²) in [4.78, 5) is 43.0. The molecule has 35 heavy (non-hydrogen) atoms. The van der Waals surface area contributed by atoms with Crippen molar-refractivity contribution in [3.63, 3.8) is 0 Å². The second-order valence-electron chi connectivity index (χ2n) is 8.87. The first-order valence-electron chi connectivity index (χ1n) is 11.2. The number of hydrogen-bond donors (Lipinski definition) is 1. The molecule has 3 heterocycles. The number of rotatable bonds is 3. The summed E-state index contributed by atoms with van der Waals surface area (Å²) >= 11 is 0. The number of nitrogens with zero attached hydrogens (tertiary/aromatic N) is 2. The highest BCUT2D eigenvalue weighted by Gasteiger charge is 2.62. The maximum absolute atomic E-state index is 14.5. The molecule has 0 aliphatic carbocycles. The molecule has 1 amide bonds. The lowest BCUT2D eigenvalue weighted by Crippen LogP contribution is -2.51. The lowest BCUT2D eigenvalue weighted by atomic mass is 9.68. The van der Waals surface area contributed by atoms with Crippen LogP contribution in [0.3, 0.4) is 0 Å². The zero-order valence-corrected chi connectivity index (χ0v) is 19.9. The first kappa shape index (κ1) is 22.5. The fraction of sp³-hybridized carbons (Fsp3) is 0.222. The van der Waals surface area contributed by atoms with E-state index in [-0.39, 0.29) is 29.3 Å². The summed E-state index contributed by atoms with van der Waals surface area (Å²) < 4.78 is 12.3. The Bertz CT molecular complexity index is 1500. The number of para-hydroxylation sites is 1. The average Bonchev–Trinajstić information content (AvgIpc) is 3.06. The largest absolute Gasteiger partial charge is 0.465 e. The second-order valence-corrected chi connectivity index (χ2v) is 8.87. The predicted octanol–water partition coefficient (Wildman–Crippen LogP) is 2.57. The number of pyridine rings is 1. The van der Waals surface area contributed by atoms with E-state index in [0.29, 0.717) is 16.9 Å². The molecule has 3 aromatic rings. The number of esters is 1. The highest BCUT2D eigenvalue weighted by atomic mass is 16.5. The Morgan fingerprint density at radius 3 is 2.54 bits per heavy atom. The highest BCUT2D eigenvalue weighted by molar-refractivity contribution is 6.18. The van der Waals surface area contributed by atoms with Gasteiger partial charge in [-0.1, -0.05) is 48.0 Å². The van der Waals surface area contributed by atoms with Crippen LogP contribution >= 0.6 is 0 Å². The second kappa shape index (κ2) is 7.87. The average molecular weight is 472 g/mol. The lowest BCUT2D eigenvalue weighted by molar-refractivity contribution is -0.138. The van der Waals surface area contributed by atoms with Crippen LogP contribution in [0.1, 0.15) is 27.9 Å². The van der Waals surface area contributed by atoms with E-state index in [4.69, 9.17) is 15.2 Å². The number of ether oxygens (including phenoxy) is 2. The highest BCUT2D eigenvalue weighted by Crippen LogP contribution is 2.54. The van der Waals surface area contributed by atoms with E-state index < -0.39 is 22.9 Å². The van der Waals surface area contributed by atoms with Gasteiger partial charge in [0.1, 0.15) is 16.7 Å². The van der Waals surface area contributed by atoms with Gasteiger partial charge in [-0.25, -0.2) is 4.79 Å². The van der Waals surface area contributed by atoms with Gasteiger partial charge in [0.05, 0.1) is 19.2 Å². The zero-order valence-electron chi connectivity index (χ0n) is 19.9. The summed E-state index contributed by atoms with van der Waals surface area (Å²) in [6.45, 7) is 3.97. The minimum absolute atomic E-state index is 0.0457. The number of aryl methyl sites for hydroxylation is 2. The smallest absolute Gasteiger partial charge is 0.340 e. The minimum atomic E-state index is -1.81. The molecule has 0 saturated heterocycles. The van der Waals surface area contributed by atoms with Gasteiger partial charge in [-0.3, -0.25) is 9.59 Å². The van der Waals surface area contributed by atoms with Crippen LogP contribution in [0.15, 0.2) is 70.8 Å². The van der Waals surface area contributed by atoms with Crippen molar-refractivity contribution in [2.75, 3.05) is 12.0 Å². The van der Waals surface area contributed by atoms with Gasteiger partial charge >= 0.3 is 5.97 Å². The van der Waals surface area contributed by atoms with Crippen LogP contribution in [0.25, 0.3) is 0 Å². The molecule has 0 bridgehead atoms. The number of amides is 1. The molecule has 1 spiro atoms. The number of aromatic nitrogens is 1. The molecule has 8 nitrogen and oxygen atoms in total. The number of carbonyl (C=O) groups is 2. The Labute approximate surface area is 202 Å². The van der Waals surface area contributed by atoms with Crippen LogP contribution < -0.4 is 20.9 Å². The molecule has 0 saturated carbocycles. The molecule has 2 N–H and O–H groups in total. The van der Waals surface area contributed by atoms with Gasteiger partial charge in [-0.05, 0) is 25.5 Å². The molecule has 0 fully saturated rings. The van der Waals surface area contributed by atoms with Crippen LogP contribution in [-0.2, 0) is 33.3 Å². The normalized spacial score (nSPS) is 18.4. The van der Waals surface area contributed by atoms with Crippen molar-refractivity contribution in [2.45, 2.75) is 25.8 Å². The van der Waals surface area contributed by atoms with Crippen molar-refractivity contribution in [2.24, 2.45) is 12.8 Å². The third-order valence-corrected chi connectivity index (χ3v) is 6.83. The number of nitrogens with two attached hydrogens (primary N) is 1. The molecule has 8 heteroatoms. The molecule has 1 aromatic heterocycles. The molecule has 0 radical (unpaired) electrons. The van der Waals surface area contributed by atoms with Gasteiger partial charge in [-0.15, -0.1) is 0 Å². The Kier molecular flexibility index (Phi) is 5.05. The molecule has 5 rings (SSSR count). The zero-order chi connectivity index (χ0) is 25.1. The van der Waals surface area contributed by atoms with Gasteiger partial charge in [0, 0.05) is 30.1 Å². The fourth-order valence-corrected chi connectivity index (χ4v) is 5.14. The number of carbonyl (C=O) groups excluding carboxylic acids is 2. The van der Waals surface area contributed by atoms with E-state index in [9.17, 15) is 14.4 Å². The monoisotopic (exact) mass is 471 g/mol. The molecular formula is C27H25N3O5. The van der Waals surface area contributed by atoms with E-state index in [1.807, 2.05) is 37.3 Å². The maximum Gasteiger partial charge on any atom is 0.340 e. The number of hydrogen-bond acceptors (Lipinski definition) is 6. The third kappa shape index (κ3) is 3.02. The van der Waals surface area contributed by atoms with Crippen molar-refractivity contribution >= 4 is 17.6 Å². The molecule has 178 valence electrons. The van der Waals surface area contributed by atoms with Crippen molar-refractivity contribution in [1.82, 2.24) is 4.57 Å². The molecule has 2 aliphatic heterocycles. The number of fused-ring (bicyclic) bond motifs is 4. The quantitative estimate of drug-likeness (QED) is 0.589. The van der Waals surface area contributed by atoms with Gasteiger partial charge in [0.25, 0.3) is 5.56 Å². The van der Waals surface area contributed by atoms with E-state index >= 15 is 0 Å². The minimum Gasteiger partial charge on any atom is -0.465 e. The van der Waals surface area contributed by atoms with E-state index in [1.165, 1.54) is 11.7 Å². The Morgan fingerprint density at radius 2 is 1.83 bits per heavy atom. The summed E-state index contributed by atoms with van der Waals surface area (Å²) in [6, 6.07) is 16.6. The van der Waals surface area contributed by atoms with Crippen molar-refractivity contribution < 1.29 is 19.1 Å². The Morgan fingerprint density at radius 1 is 1.09 bits per heavy atom. The summed E-state index contributed by atoms with van der Waals surface area (Å²) in [6.07, 6.45) is 0. The molecule has 2 aliphatic rings. The van der Waals surface area contributed by atoms with Gasteiger partial charge in [0.2, 0.25) is 11.8 Å². The molecule has 1 unspecified atom stereocenters. The Hall–Kier alpha value is -4.33. The summed E-state index contributed by atoms with van der Waals surface area (Å²) in [5.41, 5.74) is 7.51. The third-order valence-electron chi connectivity index (χ3n) is 6.83. The van der Waals surface area contributed by atoms with E-state index in [2.05, 4.69) is 0 Å². The first-order valence-corrected chi connectivity index (χ1v) is 11.2. The summed E-state index contributed by atoms with van der Waals surface area (Å²) in [5.74, 6) is -1.42. The van der Waals surface area contributed by atoms with Gasteiger partial charge in [0.15, 0.2) is 0 Å². The fourth-order valence-electron chi connectivity index (χ4n) is 5.14. The molecule has 1 atom stereocenters. The van der Waals surface area contributed by atoms with Crippen LogP contribution in [-0.4, -0.2) is 23.6 Å². The van der Waals surface area contributed by atoms with E-state index in [1.54, 1.807) is 43.1 Å². The van der Waals surface area contributed by atoms with Gasteiger partial charge < -0.3 is 24.7 Å². The summed E-state index contributed by atoms with van der Waals surface area (Å²) in [5, 5.41) is 0. The van der Waals surface area contributed by atoms with Crippen LogP contribution in [0.4, 0.5) is 5.69 Å². The Balaban J connectivity index is 1.86. The van der Waals surface area contributed by atoms with Crippen LogP contribution in [0, 0.1) is 13.8 Å². The number of methoxy groups -OCH3 is 1. The maximum atomic E-state index is 14.5. The van der Waals surface area contributed by atoms with Gasteiger partial charge in [-0.2, -0.15) is 0 Å². The predicted molar refractivity (Wildman–Crippen MR) is 130 cm³/mol. The number of benzene rings is 2. The lowest BCUT2D eigenvalue weighted by Gasteiger charge is -2.35. The SMILES string of the molecule is COC(=O)C1=C(N)Oc2cc(C)n(C)c(=O)c2C12C(=O)N(Cc1cccc(C)c1)c1ccccc12. The van der Waals surface area contributed by atoms with Crippen LogP contribution in [0.2, 0.25) is 0 Å². The standard InChI is InChI=1S/C27H25N3O5/c1-15-8-7-9-17(12-15)14-30-19-11-6-5-10-18(19)27(26(30)33)21-20(13-16(2)29(3)24(21)31)35-23(28)22(27)25(32)34-4/h5-13H,14,28H2,1-4H3. The van der Waals surface area contributed by atoms with Crippen molar-refractivity contribution in [3.8, 4) is 5.75 Å². The van der Waals surface area contributed by atoms with Crippen molar-refractivity contribution in [1.29, 1.82) is 0 Å². The molecular weight excluding hydrogens is 446 g/mol. The first-order chi connectivity index (χ1) is 16.7. The number of anilines is 1.